The Kier molecular flexibility index (Phi) is 8.51. The summed E-state index contributed by atoms with van der Waals surface area (Å²) in [5.41, 5.74) is 0.0417. The molecule has 5 heteroatoms. The molecule has 0 saturated heterocycles. The fraction of sp³-hybridized carbons (Fsp3) is 1.00. The van der Waals surface area contributed by atoms with E-state index in [1.165, 1.54) is 0 Å². The normalized spacial score (nSPS) is 10.7. The molecule has 0 spiro atoms. The van der Waals surface area contributed by atoms with Crippen molar-refractivity contribution in [2.45, 2.75) is 26.4 Å². The second-order valence-corrected chi connectivity index (χ2v) is 5.03. The third-order valence-electron chi connectivity index (χ3n) is 0.612. The Labute approximate surface area is 73.3 Å². The second kappa shape index (κ2) is 6.40. The van der Waals surface area contributed by atoms with Crippen LogP contribution in [0.2, 0.25) is 0 Å². The molecule has 0 amide bonds. The molecule has 0 aliphatic carbocycles. The minimum atomic E-state index is -1.67. The van der Waals surface area contributed by atoms with Crippen LogP contribution in [-0.4, -0.2) is 16.9 Å². The highest BCUT2D eigenvalue weighted by molar-refractivity contribution is 8.26. The van der Waals surface area contributed by atoms with Gasteiger partial charge in [0.2, 0.25) is 9.23 Å². The lowest BCUT2D eigenvalue weighted by molar-refractivity contribution is 0.0397. The minimum Gasteiger partial charge on any atom is -0.379 e. The largest absolute Gasteiger partial charge is 0.379 e. The van der Waals surface area contributed by atoms with Crippen LogP contribution < -0.4 is 0 Å². The number of rotatable bonds is 0. The maximum atomic E-state index is 9.09. The number of halogens is 2. The molecule has 2 nitrogen and oxygen atoms in total. The summed E-state index contributed by atoms with van der Waals surface area (Å²) < 4.78 is 14.0. The lowest BCUT2D eigenvalue weighted by Gasteiger charge is -2.14. The molecule has 0 heterocycles. The number of hydrogen-bond donors (Lipinski definition) is 0. The van der Waals surface area contributed by atoms with E-state index in [0.717, 1.165) is 0 Å². The van der Waals surface area contributed by atoms with Crippen LogP contribution in [0.25, 0.3) is 0 Å². The van der Waals surface area contributed by atoms with E-state index >= 15 is 0 Å². The van der Waals surface area contributed by atoms with Gasteiger partial charge in [0, 0.05) is 28.5 Å². The van der Waals surface area contributed by atoms with Crippen molar-refractivity contribution >= 4 is 30.6 Å². The molecule has 0 rings (SSSR count). The molecular formula is C5H12Cl2O2S. The standard InChI is InChI=1S/C5H12O.Cl2OS/c1-5(2,3)6-4;1-4(2)3/h1-4H3;. The van der Waals surface area contributed by atoms with Crippen LogP contribution in [-0.2, 0) is 14.0 Å². The molecule has 10 heavy (non-hydrogen) atoms. The van der Waals surface area contributed by atoms with Crippen LogP contribution in [0.4, 0.5) is 0 Å². The van der Waals surface area contributed by atoms with E-state index < -0.39 is 9.23 Å². The van der Waals surface area contributed by atoms with Gasteiger partial charge in [-0.2, -0.15) is 0 Å². The minimum absolute atomic E-state index is 0.0417. The van der Waals surface area contributed by atoms with Crippen LogP contribution >= 0.6 is 21.4 Å². The topological polar surface area (TPSA) is 26.3 Å². The highest BCUT2D eigenvalue weighted by Gasteiger charge is 2.03. The van der Waals surface area contributed by atoms with Crippen molar-refractivity contribution < 1.29 is 8.95 Å². The zero-order chi connectivity index (χ0) is 8.78. The zero-order valence-electron chi connectivity index (χ0n) is 6.48. The van der Waals surface area contributed by atoms with E-state index in [1.54, 1.807) is 7.11 Å². The molecule has 0 atom stereocenters. The Bertz CT molecular complexity index is 96.3. The quantitative estimate of drug-likeness (QED) is 0.570. The molecule has 0 aromatic carbocycles. The summed E-state index contributed by atoms with van der Waals surface area (Å²) in [6.07, 6.45) is 0. The van der Waals surface area contributed by atoms with Crippen LogP contribution in [0.1, 0.15) is 20.8 Å². The van der Waals surface area contributed by atoms with Crippen molar-refractivity contribution in [3.05, 3.63) is 0 Å². The summed E-state index contributed by atoms with van der Waals surface area (Å²) in [5, 5.41) is 0. The summed E-state index contributed by atoms with van der Waals surface area (Å²) >= 11 is 0. The number of methoxy groups -OCH3 is 1. The maximum Gasteiger partial charge on any atom is 0.211 e. The molecule has 0 aromatic rings. The van der Waals surface area contributed by atoms with Gasteiger partial charge in [-0.3, -0.25) is 0 Å². The van der Waals surface area contributed by atoms with Crippen molar-refractivity contribution in [2.24, 2.45) is 0 Å². The maximum absolute atomic E-state index is 9.09. The van der Waals surface area contributed by atoms with Crippen molar-refractivity contribution in [3.63, 3.8) is 0 Å². The third-order valence-corrected chi connectivity index (χ3v) is 0.612. The SMILES string of the molecule is COC(C)(C)C.O=S(Cl)Cl. The first kappa shape index (κ1) is 13.3. The highest BCUT2D eigenvalue weighted by Crippen LogP contribution is 2.02. The third kappa shape index (κ3) is 37.7. The van der Waals surface area contributed by atoms with E-state index in [1.807, 2.05) is 20.8 Å². The van der Waals surface area contributed by atoms with Gasteiger partial charge >= 0.3 is 0 Å². The monoisotopic (exact) mass is 206 g/mol. The van der Waals surface area contributed by atoms with E-state index in [2.05, 4.69) is 21.4 Å². The van der Waals surface area contributed by atoms with Crippen molar-refractivity contribution in [2.75, 3.05) is 7.11 Å². The lowest BCUT2D eigenvalue weighted by atomic mass is 10.2. The zero-order valence-corrected chi connectivity index (χ0v) is 8.81. The Hall–Kier alpha value is 0.690. The molecule has 0 radical (unpaired) electrons. The van der Waals surface area contributed by atoms with E-state index in [-0.39, 0.29) is 5.60 Å². The van der Waals surface area contributed by atoms with Crippen molar-refractivity contribution in [1.29, 1.82) is 0 Å². The van der Waals surface area contributed by atoms with Gasteiger partial charge in [-0.05, 0) is 20.8 Å². The molecule has 0 saturated carbocycles. The Morgan fingerprint density at radius 3 is 1.40 bits per heavy atom. The van der Waals surface area contributed by atoms with Gasteiger partial charge in [0.15, 0.2) is 0 Å². The average molecular weight is 207 g/mol. The molecule has 0 unspecified atom stereocenters. The first-order valence-corrected chi connectivity index (χ1v) is 5.39. The van der Waals surface area contributed by atoms with Crippen LogP contribution in [0, 0.1) is 0 Å². The summed E-state index contributed by atoms with van der Waals surface area (Å²) in [7, 11) is 9.07. The van der Waals surface area contributed by atoms with Crippen molar-refractivity contribution in [1.82, 2.24) is 0 Å². The summed E-state index contributed by atoms with van der Waals surface area (Å²) in [5.74, 6) is 0. The van der Waals surface area contributed by atoms with Gasteiger partial charge in [-0.1, -0.05) is 0 Å². The Morgan fingerprint density at radius 2 is 1.40 bits per heavy atom. The first-order valence-electron chi connectivity index (χ1n) is 2.59. The molecule has 0 N–H and O–H groups in total. The second-order valence-electron chi connectivity index (χ2n) is 2.50. The van der Waals surface area contributed by atoms with Crippen LogP contribution in [0.15, 0.2) is 0 Å². The molecule has 0 aliphatic heterocycles. The predicted molar refractivity (Wildman–Crippen MR) is 46.6 cm³/mol. The van der Waals surface area contributed by atoms with Gasteiger partial charge in [0.05, 0.1) is 5.60 Å². The summed E-state index contributed by atoms with van der Waals surface area (Å²) in [6.45, 7) is 6.06. The Balaban J connectivity index is 0. The van der Waals surface area contributed by atoms with Crippen LogP contribution in [0.5, 0.6) is 0 Å². The fourth-order valence-corrected chi connectivity index (χ4v) is 0. The summed E-state index contributed by atoms with van der Waals surface area (Å²) in [6, 6.07) is 0. The molecule has 0 aliphatic rings. The first-order chi connectivity index (χ1) is 4.29. The smallest absolute Gasteiger partial charge is 0.211 e. The molecule has 0 aromatic heterocycles. The van der Waals surface area contributed by atoms with E-state index in [4.69, 9.17) is 8.95 Å². The molecule has 0 fully saturated rings. The highest BCUT2D eigenvalue weighted by atomic mass is 36.0. The van der Waals surface area contributed by atoms with Gasteiger partial charge < -0.3 is 4.74 Å². The van der Waals surface area contributed by atoms with Crippen molar-refractivity contribution in [3.8, 4) is 0 Å². The van der Waals surface area contributed by atoms with Gasteiger partial charge in [-0.15, -0.1) is 0 Å². The van der Waals surface area contributed by atoms with Crippen LogP contribution in [0.3, 0.4) is 0 Å². The molecule has 64 valence electrons. The average Bonchev–Trinajstić information content (AvgIpc) is 1.63. The fourth-order valence-electron chi connectivity index (χ4n) is 0. The summed E-state index contributed by atoms with van der Waals surface area (Å²) in [4.78, 5) is 0. The van der Waals surface area contributed by atoms with Gasteiger partial charge in [0.25, 0.3) is 0 Å². The predicted octanol–water partition coefficient (Wildman–Crippen LogP) is 2.47. The molecule has 0 bridgehead atoms. The van der Waals surface area contributed by atoms with E-state index in [0.29, 0.717) is 0 Å². The Morgan fingerprint density at radius 1 is 1.30 bits per heavy atom. The lowest BCUT2D eigenvalue weighted by Crippen LogP contribution is -2.15. The number of ether oxygens (including phenoxy) is 1. The molecular weight excluding hydrogens is 195 g/mol. The number of hydrogen-bond acceptors (Lipinski definition) is 2. The van der Waals surface area contributed by atoms with E-state index in [9.17, 15) is 0 Å². The van der Waals surface area contributed by atoms with Gasteiger partial charge in [0.1, 0.15) is 0 Å². The van der Waals surface area contributed by atoms with Gasteiger partial charge in [-0.25, -0.2) is 4.21 Å².